The van der Waals surface area contributed by atoms with E-state index < -0.39 is 23.2 Å². The molecular weight excluding hydrogens is 810 g/mol. The standard InChI is InChI=1S/C38H61FN4O4S.C6H13N.C2H5NO.CH3NO/c1-9-12-14-15-20-43(34(44)17-13-10-2)33(26(4)5)23-28(16-11-3)36-42-32(25-48-36)35(45)41-29(24-38(6,7)37(46)47)21-27-18-19-31(40-8)30(39)22-27;1-7-5-3-2-4-6-7;3-1-2-4;2-1-3/h18-19,22,25-26,28-29,33,40H,9-17,20-21,23-24H2,1-8H3,(H,41,45)(H,46,47);2-6H2,1H3;2H,1,3H2;1H,(H2,2,3). The first kappa shape index (κ1) is 58.0. The molecule has 15 heteroatoms. The van der Waals surface area contributed by atoms with Crippen molar-refractivity contribution in [3.8, 4) is 0 Å². The van der Waals surface area contributed by atoms with Crippen molar-refractivity contribution >= 4 is 47.5 Å². The molecule has 13 nitrogen and oxygen atoms in total. The van der Waals surface area contributed by atoms with Crippen LogP contribution in [0, 0.1) is 17.2 Å². The summed E-state index contributed by atoms with van der Waals surface area (Å²) in [6.07, 6.45) is 15.1. The van der Waals surface area contributed by atoms with Gasteiger partial charge in [0.25, 0.3) is 5.91 Å². The number of aliphatic carboxylic acids is 1. The lowest BCUT2D eigenvalue weighted by Gasteiger charge is -2.37. The highest BCUT2D eigenvalue weighted by Gasteiger charge is 2.33. The van der Waals surface area contributed by atoms with Crippen LogP contribution in [-0.4, -0.2) is 103 Å². The molecule has 1 aromatic carbocycles. The summed E-state index contributed by atoms with van der Waals surface area (Å²) in [6.45, 7) is 17.6. The van der Waals surface area contributed by atoms with Crippen LogP contribution in [0.25, 0.3) is 0 Å². The van der Waals surface area contributed by atoms with E-state index in [1.165, 1.54) is 56.2 Å². The average molecular weight is 892 g/mol. The predicted octanol–water partition coefficient (Wildman–Crippen LogP) is 8.41. The predicted molar refractivity (Wildman–Crippen MR) is 252 cm³/mol. The number of thiazole rings is 1. The summed E-state index contributed by atoms with van der Waals surface area (Å²) in [7, 11) is 3.84. The third kappa shape index (κ3) is 23.5. The third-order valence-corrected chi connectivity index (χ3v) is 11.9. The molecule has 2 aromatic rings. The Morgan fingerprint density at radius 2 is 1.66 bits per heavy atom. The number of nitrogens with two attached hydrogens (primary N) is 2. The van der Waals surface area contributed by atoms with Crippen LogP contribution in [0.5, 0.6) is 0 Å². The number of piperidine rings is 1. The van der Waals surface area contributed by atoms with Gasteiger partial charge in [0.2, 0.25) is 12.3 Å². The summed E-state index contributed by atoms with van der Waals surface area (Å²) < 4.78 is 14.5. The van der Waals surface area contributed by atoms with E-state index in [-0.39, 0.29) is 55.5 Å². The highest BCUT2D eigenvalue weighted by Crippen LogP contribution is 2.34. The Labute approximate surface area is 376 Å². The van der Waals surface area contributed by atoms with Crippen LogP contribution in [0.2, 0.25) is 0 Å². The Morgan fingerprint density at radius 1 is 1.03 bits per heavy atom. The number of aldehydes is 1. The van der Waals surface area contributed by atoms with Gasteiger partial charge in [-0.1, -0.05) is 79.2 Å². The number of rotatable bonds is 24. The molecular formula is C47H82FN7O6S. The summed E-state index contributed by atoms with van der Waals surface area (Å²) >= 11 is 1.47. The molecule has 354 valence electrons. The third-order valence-electron chi connectivity index (χ3n) is 10.9. The number of carboxylic acid groups (broad SMARTS) is 1. The van der Waals surface area contributed by atoms with Gasteiger partial charge in [0, 0.05) is 49.9 Å². The number of hydrogen-bond donors (Lipinski definition) is 5. The molecule has 3 amide bonds. The Morgan fingerprint density at radius 3 is 2.15 bits per heavy atom. The average Bonchev–Trinajstić information content (AvgIpc) is 3.73. The number of hydrogen-bond acceptors (Lipinski definition) is 10. The second-order valence-electron chi connectivity index (χ2n) is 17.1. The molecule has 1 aliphatic heterocycles. The highest BCUT2D eigenvalue weighted by molar-refractivity contribution is 7.09. The molecule has 3 atom stereocenters. The maximum Gasteiger partial charge on any atom is 0.309 e. The molecule has 1 aromatic heterocycles. The zero-order valence-corrected chi connectivity index (χ0v) is 40.3. The number of anilines is 1. The zero-order chi connectivity index (χ0) is 47.1. The molecule has 2 heterocycles. The van der Waals surface area contributed by atoms with Gasteiger partial charge in [0.15, 0.2) is 0 Å². The summed E-state index contributed by atoms with van der Waals surface area (Å²) in [5.41, 5.74) is 9.04. The molecule has 3 unspecified atom stereocenters. The second-order valence-corrected chi connectivity index (χ2v) is 18.0. The largest absolute Gasteiger partial charge is 0.481 e. The van der Waals surface area contributed by atoms with Gasteiger partial charge in [-0.2, -0.15) is 0 Å². The van der Waals surface area contributed by atoms with Crippen molar-refractivity contribution in [2.24, 2.45) is 22.8 Å². The zero-order valence-electron chi connectivity index (χ0n) is 39.5. The van der Waals surface area contributed by atoms with E-state index in [9.17, 15) is 23.9 Å². The molecule has 0 saturated carbocycles. The molecule has 62 heavy (non-hydrogen) atoms. The normalized spacial score (nSPS) is 14.0. The maximum absolute atomic E-state index is 14.5. The first-order chi connectivity index (χ1) is 29.5. The van der Waals surface area contributed by atoms with E-state index in [2.05, 4.69) is 73.6 Å². The lowest BCUT2D eigenvalue weighted by molar-refractivity contribution is -0.147. The van der Waals surface area contributed by atoms with Gasteiger partial charge < -0.3 is 41.8 Å². The fourth-order valence-electron chi connectivity index (χ4n) is 7.34. The van der Waals surface area contributed by atoms with E-state index in [0.29, 0.717) is 29.7 Å². The molecule has 1 aliphatic rings. The number of benzene rings is 1. The molecule has 3 rings (SSSR count). The van der Waals surface area contributed by atoms with Crippen LogP contribution in [0.1, 0.15) is 165 Å². The molecule has 7 N–H and O–H groups in total. The van der Waals surface area contributed by atoms with Crippen molar-refractivity contribution in [3.63, 3.8) is 0 Å². The van der Waals surface area contributed by atoms with Crippen LogP contribution in [-0.2, 0) is 25.6 Å². The van der Waals surface area contributed by atoms with Crippen LogP contribution >= 0.6 is 11.3 Å². The van der Waals surface area contributed by atoms with Gasteiger partial charge >= 0.3 is 5.97 Å². The lowest BCUT2D eigenvalue weighted by Crippen LogP contribution is -2.44. The van der Waals surface area contributed by atoms with Crippen LogP contribution < -0.4 is 22.1 Å². The monoisotopic (exact) mass is 892 g/mol. The number of carbonyl (C=O) groups is 5. The highest BCUT2D eigenvalue weighted by atomic mass is 32.1. The summed E-state index contributed by atoms with van der Waals surface area (Å²) in [4.78, 5) is 66.1. The van der Waals surface area contributed by atoms with Crippen molar-refractivity contribution in [2.45, 2.75) is 163 Å². The smallest absolute Gasteiger partial charge is 0.309 e. The number of halogens is 1. The number of aromatic nitrogens is 1. The molecule has 0 aliphatic carbocycles. The molecule has 0 spiro atoms. The van der Waals surface area contributed by atoms with Gasteiger partial charge in [-0.25, -0.2) is 9.37 Å². The van der Waals surface area contributed by atoms with Gasteiger partial charge in [0.1, 0.15) is 17.8 Å². The molecule has 1 saturated heterocycles. The Balaban J connectivity index is 0.00000226. The number of primary amides is 1. The summed E-state index contributed by atoms with van der Waals surface area (Å²) in [5.74, 6) is -1.15. The number of unbranched alkanes of at least 4 members (excludes halogenated alkanes) is 4. The van der Waals surface area contributed by atoms with E-state index >= 15 is 0 Å². The fraction of sp³-hybridized carbons (Fsp3) is 0.702. The number of nitrogens with one attached hydrogen (secondary N) is 2. The van der Waals surface area contributed by atoms with Crippen molar-refractivity contribution in [2.75, 3.05) is 45.6 Å². The van der Waals surface area contributed by atoms with E-state index in [1.54, 1.807) is 38.4 Å². The topological polar surface area (TPSA) is 201 Å². The minimum atomic E-state index is -1.11. The van der Waals surface area contributed by atoms with Crippen LogP contribution in [0.4, 0.5) is 10.1 Å². The Hall–Kier alpha value is -3.95. The Kier molecular flexibility index (Phi) is 31.4. The van der Waals surface area contributed by atoms with Crippen LogP contribution in [0.3, 0.4) is 0 Å². The summed E-state index contributed by atoms with van der Waals surface area (Å²) in [5, 5.41) is 18.3. The van der Waals surface area contributed by atoms with Gasteiger partial charge in [-0.3, -0.25) is 19.2 Å². The fourth-order valence-corrected chi connectivity index (χ4v) is 8.29. The van der Waals surface area contributed by atoms with Gasteiger partial charge in [-0.05, 0) is 109 Å². The van der Waals surface area contributed by atoms with Crippen molar-refractivity contribution < 1.29 is 33.5 Å². The maximum atomic E-state index is 14.5. The summed E-state index contributed by atoms with van der Waals surface area (Å²) in [6, 6.07) is 4.36. The Bertz CT molecular complexity index is 1550. The van der Waals surface area contributed by atoms with Gasteiger partial charge in [0.05, 0.1) is 16.1 Å². The SMILES string of the molecule is CCCCCCN(C(=O)CCCC)C(CC(CCC)c1nc(C(=O)NC(Cc2ccc(NC)c(F)c2)CC(C)(C)C(=O)O)cs1)C(C)C.CN1CCCCC1.NC=O.NCC=O. The molecule has 0 radical (unpaired) electrons. The number of carboxylic acids is 1. The quantitative estimate of drug-likeness (QED) is 0.0503. The number of amides is 3. The molecule has 1 fully saturated rings. The first-order valence-corrected chi connectivity index (χ1v) is 23.6. The van der Waals surface area contributed by atoms with E-state index in [4.69, 9.17) is 14.6 Å². The number of carbonyl (C=O) groups excluding carboxylic acids is 4. The minimum Gasteiger partial charge on any atom is -0.481 e. The lowest BCUT2D eigenvalue weighted by atomic mass is 9.84. The second kappa shape index (κ2) is 33.6. The van der Waals surface area contributed by atoms with Crippen molar-refractivity contribution in [1.82, 2.24) is 20.1 Å². The molecule has 0 bridgehead atoms. The van der Waals surface area contributed by atoms with E-state index in [1.807, 2.05) is 0 Å². The number of nitrogens with zero attached hydrogens (tertiary/aromatic N) is 3. The van der Waals surface area contributed by atoms with Gasteiger partial charge in [-0.15, -0.1) is 11.3 Å². The van der Waals surface area contributed by atoms with Crippen LogP contribution in [0.15, 0.2) is 23.6 Å². The first-order valence-electron chi connectivity index (χ1n) is 22.7. The van der Waals surface area contributed by atoms with Crippen molar-refractivity contribution in [1.29, 1.82) is 0 Å². The minimum absolute atomic E-state index is 0.0750. The van der Waals surface area contributed by atoms with E-state index in [0.717, 1.165) is 62.9 Å². The number of likely N-dealkylation sites (tertiary alicyclic amines) is 1. The van der Waals surface area contributed by atoms with Crippen molar-refractivity contribution in [3.05, 3.63) is 45.7 Å².